The molecule has 1 amide bonds. The summed E-state index contributed by atoms with van der Waals surface area (Å²) in [6.07, 6.45) is 0. The lowest BCUT2D eigenvalue weighted by atomic mass is 9.86. The van der Waals surface area contributed by atoms with Crippen molar-refractivity contribution in [1.82, 2.24) is 4.90 Å². The van der Waals surface area contributed by atoms with Gasteiger partial charge in [0.1, 0.15) is 0 Å². The Morgan fingerprint density at radius 1 is 0.964 bits per heavy atom. The molecule has 0 radical (unpaired) electrons. The fraction of sp³-hybridized carbons (Fsp3) is 0.458. The molecule has 1 N–H and O–H groups in total. The maximum atomic E-state index is 12.7. The van der Waals surface area contributed by atoms with Gasteiger partial charge in [0.2, 0.25) is 5.91 Å². The first-order chi connectivity index (χ1) is 13.3. The van der Waals surface area contributed by atoms with Crippen molar-refractivity contribution in [3.05, 3.63) is 59.2 Å². The molecule has 0 spiro atoms. The minimum Gasteiger partial charge on any atom is -0.376 e. The standard InChI is InChI=1S/C24H33N3O/c1-18-9-8-12-22(19(18)2)26-13-15-27(16-14-26)23(28)17-25-21-11-7-6-10-20(21)24(3,4)5/h6-12,25H,13-17H2,1-5H3. The van der Waals surface area contributed by atoms with Crippen molar-refractivity contribution in [1.29, 1.82) is 0 Å². The largest absolute Gasteiger partial charge is 0.376 e. The Hall–Kier alpha value is -2.49. The lowest BCUT2D eigenvalue weighted by Gasteiger charge is -2.37. The summed E-state index contributed by atoms with van der Waals surface area (Å²) >= 11 is 0. The number of piperazine rings is 1. The monoisotopic (exact) mass is 379 g/mol. The van der Waals surface area contributed by atoms with Crippen molar-refractivity contribution < 1.29 is 4.79 Å². The summed E-state index contributed by atoms with van der Waals surface area (Å²) in [6, 6.07) is 14.7. The van der Waals surface area contributed by atoms with Crippen molar-refractivity contribution in [2.45, 2.75) is 40.0 Å². The molecule has 150 valence electrons. The van der Waals surface area contributed by atoms with Gasteiger partial charge in [0, 0.05) is 37.6 Å². The number of anilines is 2. The van der Waals surface area contributed by atoms with Crippen molar-refractivity contribution >= 4 is 17.3 Å². The highest BCUT2D eigenvalue weighted by Gasteiger charge is 2.23. The van der Waals surface area contributed by atoms with Crippen LogP contribution < -0.4 is 10.2 Å². The van der Waals surface area contributed by atoms with Crippen molar-refractivity contribution in [2.24, 2.45) is 0 Å². The molecule has 4 nitrogen and oxygen atoms in total. The average Bonchev–Trinajstić information content (AvgIpc) is 2.68. The van der Waals surface area contributed by atoms with Gasteiger partial charge in [-0.1, -0.05) is 51.1 Å². The molecule has 0 aliphatic carbocycles. The van der Waals surface area contributed by atoms with E-state index in [4.69, 9.17) is 0 Å². The molecule has 1 heterocycles. The maximum Gasteiger partial charge on any atom is 0.241 e. The smallest absolute Gasteiger partial charge is 0.241 e. The van der Waals surface area contributed by atoms with E-state index >= 15 is 0 Å². The fourth-order valence-electron chi connectivity index (χ4n) is 3.85. The molecule has 28 heavy (non-hydrogen) atoms. The summed E-state index contributed by atoms with van der Waals surface area (Å²) in [5.74, 6) is 0.171. The van der Waals surface area contributed by atoms with Gasteiger partial charge in [-0.05, 0) is 48.1 Å². The third kappa shape index (κ3) is 4.49. The molecule has 1 aliphatic heterocycles. The Kier molecular flexibility index (Phi) is 5.97. The van der Waals surface area contributed by atoms with Crippen LogP contribution in [0.2, 0.25) is 0 Å². The second kappa shape index (κ2) is 8.26. The lowest BCUT2D eigenvalue weighted by molar-refractivity contribution is -0.129. The first-order valence-corrected chi connectivity index (χ1v) is 10.2. The fourth-order valence-corrected chi connectivity index (χ4v) is 3.85. The maximum absolute atomic E-state index is 12.7. The number of aryl methyl sites for hydroxylation is 1. The highest BCUT2D eigenvalue weighted by atomic mass is 16.2. The molecule has 0 saturated carbocycles. The Balaban J connectivity index is 1.57. The van der Waals surface area contributed by atoms with Crippen LogP contribution in [0.25, 0.3) is 0 Å². The SMILES string of the molecule is Cc1cccc(N2CCN(C(=O)CNc3ccccc3C(C)(C)C)CC2)c1C. The lowest BCUT2D eigenvalue weighted by Crippen LogP contribution is -2.50. The number of benzene rings is 2. The number of para-hydroxylation sites is 1. The first kappa shape index (κ1) is 20.2. The Bertz CT molecular complexity index is 830. The number of hydrogen-bond acceptors (Lipinski definition) is 3. The van der Waals surface area contributed by atoms with Gasteiger partial charge in [-0.3, -0.25) is 4.79 Å². The molecule has 1 aliphatic rings. The summed E-state index contributed by atoms with van der Waals surface area (Å²) in [5, 5.41) is 3.37. The molecule has 2 aromatic rings. The van der Waals surface area contributed by atoms with Crippen LogP contribution in [0.15, 0.2) is 42.5 Å². The Morgan fingerprint density at radius 3 is 2.32 bits per heavy atom. The van der Waals surface area contributed by atoms with Gasteiger partial charge in [0.05, 0.1) is 6.54 Å². The zero-order valence-corrected chi connectivity index (χ0v) is 17.9. The molecule has 1 saturated heterocycles. The van der Waals surface area contributed by atoms with Crippen LogP contribution in [-0.4, -0.2) is 43.5 Å². The van der Waals surface area contributed by atoms with Gasteiger partial charge in [-0.2, -0.15) is 0 Å². The van der Waals surface area contributed by atoms with Crippen LogP contribution in [0.5, 0.6) is 0 Å². The van der Waals surface area contributed by atoms with E-state index in [9.17, 15) is 4.79 Å². The molecule has 3 rings (SSSR count). The van der Waals surface area contributed by atoms with Crippen molar-refractivity contribution in [2.75, 3.05) is 42.9 Å². The molecular formula is C24H33N3O. The number of carbonyl (C=O) groups excluding carboxylic acids is 1. The van der Waals surface area contributed by atoms with E-state index in [-0.39, 0.29) is 11.3 Å². The minimum atomic E-state index is 0.0456. The van der Waals surface area contributed by atoms with Gasteiger partial charge >= 0.3 is 0 Å². The van der Waals surface area contributed by atoms with Crippen molar-refractivity contribution in [3.63, 3.8) is 0 Å². The van der Waals surface area contributed by atoms with Crippen LogP contribution in [-0.2, 0) is 10.2 Å². The predicted molar refractivity (Wildman–Crippen MR) is 118 cm³/mol. The van der Waals surface area contributed by atoms with Gasteiger partial charge in [0.15, 0.2) is 0 Å². The highest BCUT2D eigenvalue weighted by Crippen LogP contribution is 2.29. The van der Waals surface area contributed by atoms with E-state index in [2.05, 4.69) is 81.2 Å². The van der Waals surface area contributed by atoms with Crippen LogP contribution in [0.1, 0.15) is 37.5 Å². The first-order valence-electron chi connectivity index (χ1n) is 10.2. The number of nitrogens with zero attached hydrogens (tertiary/aromatic N) is 2. The van der Waals surface area contributed by atoms with Crippen LogP contribution >= 0.6 is 0 Å². The van der Waals surface area contributed by atoms with E-state index in [0.29, 0.717) is 6.54 Å². The van der Waals surface area contributed by atoms with E-state index in [1.165, 1.54) is 22.4 Å². The van der Waals surface area contributed by atoms with Gasteiger partial charge in [0.25, 0.3) is 0 Å². The summed E-state index contributed by atoms with van der Waals surface area (Å²) in [4.78, 5) is 17.1. The molecule has 1 fully saturated rings. The predicted octanol–water partition coefficient (Wildman–Crippen LogP) is 4.36. The second-order valence-corrected chi connectivity index (χ2v) is 8.74. The van der Waals surface area contributed by atoms with Crippen LogP contribution in [0.3, 0.4) is 0 Å². The number of hydrogen-bond donors (Lipinski definition) is 1. The number of nitrogens with one attached hydrogen (secondary N) is 1. The Labute approximate surface area is 169 Å². The quantitative estimate of drug-likeness (QED) is 0.857. The summed E-state index contributed by atoms with van der Waals surface area (Å²) in [6.45, 7) is 14.6. The molecule has 2 aromatic carbocycles. The highest BCUT2D eigenvalue weighted by molar-refractivity contribution is 5.81. The topological polar surface area (TPSA) is 35.6 Å². The zero-order valence-electron chi connectivity index (χ0n) is 17.9. The number of rotatable bonds is 4. The third-order valence-electron chi connectivity index (χ3n) is 5.71. The zero-order chi connectivity index (χ0) is 20.3. The summed E-state index contributed by atoms with van der Waals surface area (Å²) in [7, 11) is 0. The van der Waals surface area contributed by atoms with E-state index < -0.39 is 0 Å². The van der Waals surface area contributed by atoms with Crippen LogP contribution in [0, 0.1) is 13.8 Å². The molecule has 0 atom stereocenters. The molecular weight excluding hydrogens is 346 g/mol. The summed E-state index contributed by atoms with van der Waals surface area (Å²) in [5.41, 5.74) is 6.29. The molecule has 4 heteroatoms. The molecule has 0 aromatic heterocycles. The Morgan fingerprint density at radius 2 is 1.64 bits per heavy atom. The van der Waals surface area contributed by atoms with E-state index in [1.54, 1.807) is 0 Å². The van der Waals surface area contributed by atoms with Crippen LogP contribution in [0.4, 0.5) is 11.4 Å². The third-order valence-corrected chi connectivity index (χ3v) is 5.71. The van der Waals surface area contributed by atoms with E-state index in [0.717, 1.165) is 31.9 Å². The average molecular weight is 380 g/mol. The normalized spacial score (nSPS) is 14.9. The molecule has 0 unspecified atom stereocenters. The van der Waals surface area contributed by atoms with Crippen molar-refractivity contribution in [3.8, 4) is 0 Å². The van der Waals surface area contributed by atoms with Gasteiger partial charge < -0.3 is 15.1 Å². The number of amides is 1. The minimum absolute atomic E-state index is 0.0456. The van der Waals surface area contributed by atoms with E-state index in [1.807, 2.05) is 11.0 Å². The summed E-state index contributed by atoms with van der Waals surface area (Å²) < 4.78 is 0. The van der Waals surface area contributed by atoms with Gasteiger partial charge in [-0.25, -0.2) is 0 Å². The number of carbonyl (C=O) groups is 1. The molecule has 0 bridgehead atoms. The van der Waals surface area contributed by atoms with Gasteiger partial charge in [-0.15, -0.1) is 0 Å². The second-order valence-electron chi connectivity index (χ2n) is 8.74.